The lowest BCUT2D eigenvalue weighted by Gasteiger charge is -2.26. The molecule has 0 atom stereocenters. The van der Waals surface area contributed by atoms with Crippen molar-refractivity contribution in [2.24, 2.45) is 4.99 Å². The van der Waals surface area contributed by atoms with E-state index in [1.165, 1.54) is 43.6 Å². The smallest absolute Gasteiger partial charge is 0.198 e. The van der Waals surface area contributed by atoms with Crippen molar-refractivity contribution in [1.82, 2.24) is 10.2 Å². The molecule has 0 radical (unpaired) electrons. The zero-order valence-corrected chi connectivity index (χ0v) is 16.5. The fourth-order valence-electron chi connectivity index (χ4n) is 3.43. The number of para-hydroxylation sites is 1. The summed E-state index contributed by atoms with van der Waals surface area (Å²) < 4.78 is 0. The number of fused-ring (bicyclic) bond motifs is 1. The van der Waals surface area contributed by atoms with Crippen LogP contribution >= 0.6 is 24.0 Å². The van der Waals surface area contributed by atoms with Crippen LogP contribution in [0.25, 0.3) is 0 Å². The van der Waals surface area contributed by atoms with E-state index in [4.69, 9.17) is 4.99 Å². The number of anilines is 1. The molecule has 0 aliphatic carbocycles. The van der Waals surface area contributed by atoms with E-state index in [9.17, 15) is 0 Å². The Morgan fingerprint density at radius 3 is 2.70 bits per heavy atom. The molecule has 2 aliphatic heterocycles. The number of rotatable bonds is 4. The van der Waals surface area contributed by atoms with Crippen molar-refractivity contribution in [3.05, 3.63) is 29.8 Å². The van der Waals surface area contributed by atoms with E-state index in [2.05, 4.69) is 46.3 Å². The quantitative estimate of drug-likeness (QED) is 0.454. The molecule has 1 fully saturated rings. The normalized spacial score (nSPS) is 18.5. The highest BCUT2D eigenvalue weighted by Gasteiger charge is 2.22. The van der Waals surface area contributed by atoms with Gasteiger partial charge in [-0.15, -0.1) is 24.0 Å². The number of piperidine rings is 1. The molecule has 0 amide bonds. The molecular weight excluding hydrogens is 399 g/mol. The van der Waals surface area contributed by atoms with Gasteiger partial charge in [-0.25, -0.2) is 0 Å². The van der Waals surface area contributed by atoms with Crippen LogP contribution in [0.1, 0.15) is 31.7 Å². The van der Waals surface area contributed by atoms with Crippen LogP contribution in [0.3, 0.4) is 0 Å². The van der Waals surface area contributed by atoms with E-state index in [1.807, 2.05) is 0 Å². The highest BCUT2D eigenvalue weighted by molar-refractivity contribution is 14.0. The Kier molecular flexibility index (Phi) is 7.62. The fourth-order valence-corrected chi connectivity index (χ4v) is 3.43. The summed E-state index contributed by atoms with van der Waals surface area (Å²) >= 11 is 0. The first kappa shape index (κ1) is 18.5. The number of guanidine groups is 1. The predicted octanol–water partition coefficient (Wildman–Crippen LogP) is 3.12. The molecule has 2 aliphatic rings. The average molecular weight is 428 g/mol. The number of hydrogen-bond acceptors (Lipinski definition) is 2. The first-order valence-electron chi connectivity index (χ1n) is 8.74. The largest absolute Gasteiger partial charge is 0.356 e. The number of aliphatic imine (C=N–C) groups is 1. The molecule has 128 valence electrons. The molecule has 0 saturated carbocycles. The summed E-state index contributed by atoms with van der Waals surface area (Å²) in [5.41, 5.74) is 2.75. The van der Waals surface area contributed by atoms with Crippen LogP contribution in [-0.4, -0.2) is 50.1 Å². The van der Waals surface area contributed by atoms with Crippen molar-refractivity contribution in [3.8, 4) is 0 Å². The van der Waals surface area contributed by atoms with Crippen LogP contribution in [0.4, 0.5) is 5.69 Å². The zero-order chi connectivity index (χ0) is 15.2. The highest BCUT2D eigenvalue weighted by atomic mass is 127. The Morgan fingerprint density at radius 1 is 1.13 bits per heavy atom. The molecule has 2 heterocycles. The lowest BCUT2D eigenvalue weighted by Crippen LogP contribution is -2.41. The van der Waals surface area contributed by atoms with Crippen LogP contribution in [0.5, 0.6) is 0 Å². The lowest BCUT2D eigenvalue weighted by atomic mass is 10.1. The molecule has 0 unspecified atom stereocenters. The van der Waals surface area contributed by atoms with Crippen LogP contribution in [-0.2, 0) is 6.42 Å². The summed E-state index contributed by atoms with van der Waals surface area (Å²) in [4.78, 5) is 9.77. The van der Waals surface area contributed by atoms with Gasteiger partial charge in [0.25, 0.3) is 0 Å². The van der Waals surface area contributed by atoms with Gasteiger partial charge in [0.15, 0.2) is 5.96 Å². The summed E-state index contributed by atoms with van der Waals surface area (Å²) in [7, 11) is 0. The first-order chi connectivity index (χ1) is 10.9. The number of nitrogens with zero attached hydrogens (tertiary/aromatic N) is 3. The number of likely N-dealkylation sites (tertiary alicyclic amines) is 1. The van der Waals surface area contributed by atoms with Crippen molar-refractivity contribution in [2.75, 3.05) is 44.2 Å². The maximum Gasteiger partial charge on any atom is 0.198 e. The van der Waals surface area contributed by atoms with Gasteiger partial charge in [-0.05, 0) is 50.9 Å². The van der Waals surface area contributed by atoms with E-state index in [-0.39, 0.29) is 24.0 Å². The van der Waals surface area contributed by atoms with Gasteiger partial charge in [0.2, 0.25) is 0 Å². The van der Waals surface area contributed by atoms with Crippen LogP contribution in [0.15, 0.2) is 29.3 Å². The van der Waals surface area contributed by atoms with E-state index < -0.39 is 0 Å². The minimum atomic E-state index is 0. The molecule has 1 saturated heterocycles. The van der Waals surface area contributed by atoms with Gasteiger partial charge in [-0.2, -0.15) is 0 Å². The van der Waals surface area contributed by atoms with Crippen LogP contribution < -0.4 is 10.2 Å². The molecule has 3 rings (SSSR count). The van der Waals surface area contributed by atoms with Gasteiger partial charge in [-0.3, -0.25) is 4.99 Å². The number of benzene rings is 1. The number of halogens is 1. The van der Waals surface area contributed by atoms with E-state index >= 15 is 0 Å². The van der Waals surface area contributed by atoms with Gasteiger partial charge < -0.3 is 15.1 Å². The Balaban J connectivity index is 0.00000192. The van der Waals surface area contributed by atoms with Crippen molar-refractivity contribution in [2.45, 2.75) is 32.6 Å². The molecule has 0 spiro atoms. The van der Waals surface area contributed by atoms with Crippen molar-refractivity contribution < 1.29 is 0 Å². The third-order valence-electron chi connectivity index (χ3n) is 4.60. The van der Waals surface area contributed by atoms with Crippen molar-refractivity contribution >= 4 is 35.6 Å². The van der Waals surface area contributed by atoms with Gasteiger partial charge in [0.05, 0.1) is 6.54 Å². The summed E-state index contributed by atoms with van der Waals surface area (Å²) in [5.74, 6) is 1.05. The molecule has 5 heteroatoms. The Morgan fingerprint density at radius 2 is 1.91 bits per heavy atom. The van der Waals surface area contributed by atoms with E-state index in [0.29, 0.717) is 0 Å². The van der Waals surface area contributed by atoms with Gasteiger partial charge in [-0.1, -0.05) is 24.6 Å². The SMILES string of the molecule is CCNC(=NCCN1CCCCC1)N1CCc2ccccc21.I. The monoisotopic (exact) mass is 428 g/mol. The summed E-state index contributed by atoms with van der Waals surface area (Å²) in [5, 5.41) is 3.46. The minimum absolute atomic E-state index is 0. The molecule has 23 heavy (non-hydrogen) atoms. The van der Waals surface area contributed by atoms with Crippen LogP contribution in [0.2, 0.25) is 0 Å². The maximum atomic E-state index is 4.88. The Hall–Kier alpha value is -0.820. The minimum Gasteiger partial charge on any atom is -0.356 e. The third-order valence-corrected chi connectivity index (χ3v) is 4.60. The lowest BCUT2D eigenvalue weighted by molar-refractivity contribution is 0.235. The molecule has 0 aromatic heterocycles. The van der Waals surface area contributed by atoms with E-state index in [1.54, 1.807) is 0 Å². The topological polar surface area (TPSA) is 30.9 Å². The summed E-state index contributed by atoms with van der Waals surface area (Å²) in [6.45, 7) is 8.57. The highest BCUT2D eigenvalue weighted by Crippen LogP contribution is 2.27. The van der Waals surface area contributed by atoms with Crippen molar-refractivity contribution in [1.29, 1.82) is 0 Å². The predicted molar refractivity (Wildman–Crippen MR) is 109 cm³/mol. The van der Waals surface area contributed by atoms with Crippen LogP contribution in [0, 0.1) is 0 Å². The molecular formula is C18H29IN4. The molecule has 0 bridgehead atoms. The second-order valence-corrected chi connectivity index (χ2v) is 6.17. The Bertz CT molecular complexity index is 511. The average Bonchev–Trinajstić information content (AvgIpc) is 2.99. The second-order valence-electron chi connectivity index (χ2n) is 6.17. The van der Waals surface area contributed by atoms with Gasteiger partial charge >= 0.3 is 0 Å². The number of hydrogen-bond donors (Lipinski definition) is 1. The first-order valence-corrected chi connectivity index (χ1v) is 8.74. The molecule has 1 N–H and O–H groups in total. The van der Waals surface area contributed by atoms with Gasteiger partial charge in [0.1, 0.15) is 0 Å². The zero-order valence-electron chi connectivity index (χ0n) is 14.1. The van der Waals surface area contributed by atoms with Crippen molar-refractivity contribution in [3.63, 3.8) is 0 Å². The fraction of sp³-hybridized carbons (Fsp3) is 0.611. The Labute approximate surface area is 157 Å². The maximum absolute atomic E-state index is 4.88. The summed E-state index contributed by atoms with van der Waals surface area (Å²) in [6, 6.07) is 8.68. The van der Waals surface area contributed by atoms with E-state index in [0.717, 1.165) is 38.6 Å². The third kappa shape index (κ3) is 4.83. The van der Waals surface area contributed by atoms with Gasteiger partial charge in [0, 0.05) is 25.3 Å². The number of nitrogens with one attached hydrogen (secondary N) is 1. The molecule has 1 aromatic rings. The molecule has 4 nitrogen and oxygen atoms in total. The second kappa shape index (κ2) is 9.47. The molecule has 1 aromatic carbocycles. The summed E-state index contributed by atoms with van der Waals surface area (Å²) in [6.07, 6.45) is 5.21. The standard InChI is InChI=1S/C18H28N4.HI/c1-2-19-18(20-11-15-21-12-6-3-7-13-21)22-14-10-16-8-4-5-9-17(16)22;/h4-5,8-9H,2-3,6-7,10-15H2,1H3,(H,19,20);1H.